The first-order valence-corrected chi connectivity index (χ1v) is 36.4. The van der Waals surface area contributed by atoms with Gasteiger partial charge in [-0.15, -0.1) is 0 Å². The lowest BCUT2D eigenvalue weighted by atomic mass is 10.2. The molecule has 0 amide bonds. The molecule has 6 aromatic carbocycles. The van der Waals surface area contributed by atoms with Crippen molar-refractivity contribution in [2.75, 3.05) is 94.9 Å². The van der Waals surface area contributed by atoms with Crippen LogP contribution in [0.1, 0.15) is 33.9 Å². The summed E-state index contributed by atoms with van der Waals surface area (Å²) in [5.74, 6) is 7.39. The number of nitrogens with zero attached hydrogens (tertiary/aromatic N) is 12. The number of nitrogens with one attached hydrogen (secondary N) is 10. The second-order valence-corrected chi connectivity index (χ2v) is 27.0. The molecule has 0 aliphatic carbocycles. The van der Waals surface area contributed by atoms with E-state index < -0.39 is 0 Å². The Kier molecular flexibility index (Phi) is 29.1. The van der Waals surface area contributed by atoms with Gasteiger partial charge in [-0.2, -0.15) is 15.6 Å². The van der Waals surface area contributed by atoms with Crippen LogP contribution in [0.4, 0.5) is 46.4 Å². The first kappa shape index (κ1) is 79.5. The van der Waals surface area contributed by atoms with Gasteiger partial charge in [0, 0.05) is 171 Å². The van der Waals surface area contributed by atoms with Crippen LogP contribution in [0.3, 0.4) is 0 Å². The third-order valence-electron chi connectivity index (χ3n) is 15.2. The number of fused-ring (bicyclic) bond motifs is 1. The van der Waals surface area contributed by atoms with Crippen molar-refractivity contribution in [3.05, 3.63) is 267 Å². The van der Waals surface area contributed by atoms with E-state index >= 15 is 0 Å². The molecule has 0 unspecified atom stereocenters. The third-order valence-corrected chi connectivity index (χ3v) is 17.4. The lowest BCUT2D eigenvalue weighted by Crippen LogP contribution is -2.17. The largest absolute Gasteiger partial charge is 0.383 e. The predicted molar refractivity (Wildman–Crippen MR) is 440 cm³/mol. The molecule has 0 radical (unpaired) electrons. The van der Waals surface area contributed by atoms with E-state index in [1.54, 1.807) is 91.0 Å². The van der Waals surface area contributed by atoms with Crippen LogP contribution >= 0.6 is 92.8 Å². The van der Waals surface area contributed by atoms with Crippen LogP contribution < -0.4 is 48.1 Å². The number of aryl methyl sites for hydroxylation is 4. The zero-order valence-corrected chi connectivity index (χ0v) is 64.3. The molecule has 0 aliphatic rings. The summed E-state index contributed by atoms with van der Waals surface area (Å²) in [7, 11) is 0. The maximum atomic E-state index is 11.0. The number of pyridine rings is 1. The van der Waals surface area contributed by atoms with Crippen LogP contribution in [-0.2, 0) is 0 Å². The van der Waals surface area contributed by atoms with Gasteiger partial charge >= 0.3 is 0 Å². The van der Waals surface area contributed by atoms with Crippen molar-refractivity contribution in [2.45, 2.75) is 27.7 Å². The Labute approximate surface area is 662 Å². The molecule has 0 saturated heterocycles. The predicted octanol–water partition coefficient (Wildman–Crippen LogP) is 18.8. The average molecular weight is 1600 g/mol. The second-order valence-electron chi connectivity index (χ2n) is 23.6. The Morgan fingerprint density at radius 2 is 0.722 bits per heavy atom. The van der Waals surface area contributed by atoms with Crippen molar-refractivity contribution in [1.29, 1.82) is 10.5 Å². The molecular weight excluding hydrogens is 1530 g/mol. The fourth-order valence-electron chi connectivity index (χ4n) is 10.2. The molecule has 0 spiro atoms. The smallest absolute Gasteiger partial charge is 0.264 e. The van der Waals surface area contributed by atoms with Gasteiger partial charge in [-0.3, -0.25) is 4.79 Å². The molecule has 108 heavy (non-hydrogen) atoms. The fourth-order valence-corrected chi connectivity index (χ4v) is 12.2. The van der Waals surface area contributed by atoms with Crippen LogP contribution in [0.2, 0.25) is 40.2 Å². The van der Waals surface area contributed by atoms with Crippen molar-refractivity contribution in [2.24, 2.45) is 0 Å². The highest BCUT2D eigenvalue weighted by Crippen LogP contribution is 2.33. The van der Waals surface area contributed by atoms with Crippen molar-refractivity contribution < 1.29 is 0 Å². The Hall–Kier alpha value is -11.1. The first-order valence-electron chi connectivity index (χ1n) is 33.3. The number of hydrogen-bond acceptors (Lipinski definition) is 21. The molecule has 13 rings (SSSR count). The van der Waals surface area contributed by atoms with Gasteiger partial charge in [-0.1, -0.05) is 111 Å². The molecule has 0 atom stereocenters. The summed E-state index contributed by atoms with van der Waals surface area (Å²) in [5, 5.41) is 55.4. The topological polar surface area (TPSA) is 321 Å². The number of para-hydroxylation sites is 1. The van der Waals surface area contributed by atoms with E-state index in [0.29, 0.717) is 144 Å². The summed E-state index contributed by atoms with van der Waals surface area (Å²) in [6.07, 6.45) is 1.53. The lowest BCUT2D eigenvalue weighted by molar-refractivity contribution is 0.961. The Bertz CT molecular complexity index is 5170. The van der Waals surface area contributed by atoms with Crippen molar-refractivity contribution in [3.63, 3.8) is 0 Å². The van der Waals surface area contributed by atoms with Crippen LogP contribution in [0.25, 0.3) is 56.5 Å². The number of nitriles is 2. The van der Waals surface area contributed by atoms with Gasteiger partial charge in [0.15, 0.2) is 23.3 Å². The van der Waals surface area contributed by atoms with Crippen LogP contribution in [0.15, 0.2) is 187 Å². The average Bonchev–Trinajstić information content (AvgIpc) is 1.44. The van der Waals surface area contributed by atoms with E-state index in [1.807, 2.05) is 94.4 Å². The molecular formula is C77H68Cl8N22O. The SMILES string of the molecule is Cc1cc(NCCNc2cc3ccccc3[nH]2)nc(-c2ccc(Cl)cc2Cl)n1.Cc1cc(NCCNc2ccc(=O)[nH]n2)nc(-c2ccc(Cl)cc2Cl)n1.Cc1cc(NCCNc2ccc(C#N)cc2)nc(-c2ccc(Cl)cc2Cl)n1.Cc1cc(NCCNc2ccc(C#N)cn2)nc(-c2ccc(Cl)cc2Cl)n1. The summed E-state index contributed by atoms with van der Waals surface area (Å²) < 4.78 is 0. The minimum Gasteiger partial charge on any atom is -0.383 e. The number of rotatable bonds is 24. The number of H-pyrrole nitrogens is 2. The minimum atomic E-state index is -0.237. The molecule has 0 bridgehead atoms. The monoisotopic (exact) mass is 1600 g/mol. The van der Waals surface area contributed by atoms with Gasteiger partial charge in [-0.25, -0.2) is 50.0 Å². The normalized spacial score (nSPS) is 10.5. The Morgan fingerprint density at radius 1 is 0.361 bits per heavy atom. The zero-order chi connectivity index (χ0) is 76.5. The molecule has 7 heterocycles. The third kappa shape index (κ3) is 24.2. The van der Waals surface area contributed by atoms with Crippen molar-refractivity contribution in [3.8, 4) is 57.7 Å². The molecule has 7 aromatic heterocycles. The molecule has 23 nitrogen and oxygen atoms in total. The summed E-state index contributed by atoms with van der Waals surface area (Å²) >= 11 is 48.9. The zero-order valence-electron chi connectivity index (χ0n) is 58.3. The number of aromatic nitrogens is 12. The number of benzene rings is 6. The van der Waals surface area contributed by atoms with Crippen LogP contribution in [-0.4, -0.2) is 112 Å². The standard InChI is InChI=1S/C21H19Cl2N5.C20H17Cl2N5.C19H16Cl2N6.C17H16Cl2N6O/c1-13-10-19(28-21(26-13)16-7-6-15(22)12-17(16)23)24-8-9-25-20-11-14-4-2-3-5-18(14)27-20;1-13-10-19(25-9-8-24-16-5-2-14(12-23)3-6-16)27-20(26-13)17-7-4-15(21)11-18(17)22;1-12-8-18(24-7-6-23-17-5-2-13(10-22)11-25-17)27-19(26-12)15-4-3-14(20)9-16(15)21;1-10-8-15(21-7-6-20-14-4-5-16(26)25-24-14)23-17(22-10)12-3-2-11(18)9-13(12)19/h2-7,10-12,25,27H,8-9H2,1H3,(H,24,26,28);2-7,10-11,24H,8-9H2,1H3,(H,25,26,27);2-5,8-9,11H,6-7H2,1H3,(H,23,25)(H,24,26,27);2-5,8-9H,6-7H2,1H3,(H,20,24)(H,25,26)(H,21,22,23). The summed E-state index contributed by atoms with van der Waals surface area (Å²) in [5.41, 5.74) is 9.32. The van der Waals surface area contributed by atoms with E-state index in [-0.39, 0.29) is 5.56 Å². The lowest BCUT2D eigenvalue weighted by Gasteiger charge is -2.11. The first-order chi connectivity index (χ1) is 52.2. The maximum absolute atomic E-state index is 11.0. The van der Waals surface area contributed by atoms with E-state index in [2.05, 4.69) is 127 Å². The Balaban J connectivity index is 0.000000154. The van der Waals surface area contributed by atoms with Crippen molar-refractivity contribution >= 4 is 150 Å². The second kappa shape index (κ2) is 39.5. The molecule has 0 saturated carbocycles. The van der Waals surface area contributed by atoms with E-state index in [0.717, 1.165) is 80.2 Å². The van der Waals surface area contributed by atoms with Crippen LogP contribution in [0.5, 0.6) is 0 Å². The van der Waals surface area contributed by atoms with Gasteiger partial charge in [-0.05, 0) is 155 Å². The number of halogens is 8. The summed E-state index contributed by atoms with van der Waals surface area (Å²) in [6.45, 7) is 12.9. The molecule has 0 aliphatic heterocycles. The highest BCUT2D eigenvalue weighted by molar-refractivity contribution is 6.38. The maximum Gasteiger partial charge on any atom is 0.264 e. The minimum absolute atomic E-state index is 0.237. The van der Waals surface area contributed by atoms with Crippen molar-refractivity contribution in [1.82, 2.24) is 60.0 Å². The summed E-state index contributed by atoms with van der Waals surface area (Å²) in [4.78, 5) is 54.5. The molecule has 548 valence electrons. The molecule has 0 fully saturated rings. The van der Waals surface area contributed by atoms with Gasteiger partial charge in [0.2, 0.25) is 0 Å². The number of aromatic amines is 2. The molecule has 13 aromatic rings. The highest BCUT2D eigenvalue weighted by atomic mass is 35.5. The molecule has 10 N–H and O–H groups in total. The fraction of sp³-hybridized carbons (Fsp3) is 0.156. The van der Waals surface area contributed by atoms with E-state index in [1.165, 1.54) is 17.6 Å². The Morgan fingerprint density at radius 3 is 1.08 bits per heavy atom. The quantitative estimate of drug-likeness (QED) is 0.0251. The molecule has 31 heteroatoms. The van der Waals surface area contributed by atoms with E-state index in [4.69, 9.17) is 103 Å². The van der Waals surface area contributed by atoms with Gasteiger partial charge in [0.05, 0.1) is 37.3 Å². The number of hydrogen-bond donors (Lipinski definition) is 10. The van der Waals surface area contributed by atoms with Gasteiger partial charge in [0.1, 0.15) is 46.8 Å². The number of anilines is 8. The highest BCUT2D eigenvalue weighted by Gasteiger charge is 2.15. The van der Waals surface area contributed by atoms with Crippen LogP contribution in [0, 0.1) is 50.4 Å². The van der Waals surface area contributed by atoms with E-state index in [9.17, 15) is 4.79 Å². The van der Waals surface area contributed by atoms with Gasteiger partial charge in [0.25, 0.3) is 5.56 Å². The van der Waals surface area contributed by atoms with Gasteiger partial charge < -0.3 is 47.5 Å². The summed E-state index contributed by atoms with van der Waals surface area (Å²) in [6, 6.07) is 56.9.